The molecule has 1 amide bonds. The second kappa shape index (κ2) is 13.9. The van der Waals surface area contributed by atoms with Gasteiger partial charge in [0.05, 0.1) is 18.7 Å². The van der Waals surface area contributed by atoms with Crippen molar-refractivity contribution in [1.29, 1.82) is 0 Å². The summed E-state index contributed by atoms with van der Waals surface area (Å²) in [6.45, 7) is 9.05. The number of rotatable bonds is 14. The minimum absolute atomic E-state index is 0.0460. The Labute approximate surface area is 220 Å². The molecule has 4 atom stereocenters. The van der Waals surface area contributed by atoms with E-state index in [1.165, 1.54) is 12.1 Å². The smallest absolute Gasteiger partial charge is 0.351 e. The Morgan fingerprint density at radius 3 is 2.03 bits per heavy atom. The highest BCUT2D eigenvalue weighted by Gasteiger charge is 2.62. The lowest BCUT2D eigenvalue weighted by molar-refractivity contribution is -0.162. The van der Waals surface area contributed by atoms with Crippen LogP contribution in [0.4, 0.5) is 0 Å². The molecule has 0 fully saturated rings. The van der Waals surface area contributed by atoms with Crippen LogP contribution in [-0.4, -0.2) is 41.0 Å². The number of nitrogens with two attached hydrogens (primary N) is 1. The van der Waals surface area contributed by atoms with E-state index in [0.717, 1.165) is 0 Å². The van der Waals surface area contributed by atoms with Gasteiger partial charge in [0.25, 0.3) is 12.7 Å². The molecule has 204 valence electrons. The molecule has 8 nitrogen and oxygen atoms in total. The summed E-state index contributed by atoms with van der Waals surface area (Å²) in [6, 6.07) is 14.9. The van der Waals surface area contributed by atoms with Gasteiger partial charge in [0.2, 0.25) is 5.91 Å². The highest BCUT2D eigenvalue weighted by atomic mass is 31.2. The first-order valence-corrected chi connectivity index (χ1v) is 14.4. The zero-order chi connectivity index (χ0) is 27.6. The Bertz CT molecular complexity index is 1050. The number of esters is 1. The molecule has 37 heavy (non-hydrogen) atoms. The molecule has 0 saturated carbocycles. The van der Waals surface area contributed by atoms with Crippen molar-refractivity contribution >= 4 is 24.5 Å². The van der Waals surface area contributed by atoms with Gasteiger partial charge in [-0.05, 0) is 49.3 Å². The fourth-order valence-electron chi connectivity index (χ4n) is 4.16. The van der Waals surface area contributed by atoms with Crippen LogP contribution in [0.15, 0.2) is 60.7 Å². The summed E-state index contributed by atoms with van der Waals surface area (Å²) in [6.07, 6.45) is 0.528. The summed E-state index contributed by atoms with van der Waals surface area (Å²) in [5.41, 5.74) is 6.81. The molecule has 0 aliphatic heterocycles. The van der Waals surface area contributed by atoms with Crippen LogP contribution in [0.2, 0.25) is 0 Å². The van der Waals surface area contributed by atoms with Crippen LogP contribution in [0.25, 0.3) is 0 Å². The highest BCUT2D eigenvalue weighted by Crippen LogP contribution is 2.59. The predicted octanol–water partition coefficient (Wildman–Crippen LogP) is 3.96. The Kier molecular flexibility index (Phi) is 11.5. The SMILES string of the molecule is CCO[P@@](=O)(c1ccccc1)[C@@](O)(C(=O)OCc1ccccc1)[C@H](CC(C)C)NC(=O)[C@@H](N)CC(C)C. The third kappa shape index (κ3) is 7.74. The number of nitrogens with one attached hydrogen (secondary N) is 1. The lowest BCUT2D eigenvalue weighted by Crippen LogP contribution is -2.61. The van der Waals surface area contributed by atoms with Gasteiger partial charge < -0.3 is 25.4 Å². The molecule has 0 unspecified atom stereocenters. The third-order valence-electron chi connectivity index (χ3n) is 5.94. The Balaban J connectivity index is 2.62. The molecule has 0 spiro atoms. The second-order valence-electron chi connectivity index (χ2n) is 10.0. The lowest BCUT2D eigenvalue weighted by Gasteiger charge is -2.40. The molecule has 4 N–H and O–H groups in total. The molecule has 0 saturated heterocycles. The van der Waals surface area contributed by atoms with Gasteiger partial charge in [0.15, 0.2) is 0 Å². The van der Waals surface area contributed by atoms with Gasteiger partial charge in [-0.15, -0.1) is 0 Å². The molecule has 0 aromatic heterocycles. The zero-order valence-corrected chi connectivity index (χ0v) is 23.3. The largest absolute Gasteiger partial charge is 0.458 e. The van der Waals surface area contributed by atoms with Gasteiger partial charge in [-0.2, -0.15) is 0 Å². The minimum atomic E-state index is -4.37. The van der Waals surface area contributed by atoms with E-state index in [1.807, 2.05) is 33.8 Å². The summed E-state index contributed by atoms with van der Waals surface area (Å²) in [5, 5.41) is 12.4. The maximum absolute atomic E-state index is 14.7. The fraction of sp³-hybridized carbons (Fsp3) is 0.500. The molecular weight excluding hydrogens is 491 g/mol. The topological polar surface area (TPSA) is 128 Å². The Hall–Kier alpha value is -2.51. The molecule has 0 radical (unpaired) electrons. The van der Waals surface area contributed by atoms with E-state index < -0.39 is 36.7 Å². The molecule has 2 aromatic rings. The third-order valence-corrected chi connectivity index (χ3v) is 8.93. The molecule has 0 heterocycles. The number of amides is 1. The van der Waals surface area contributed by atoms with Gasteiger partial charge in [-0.25, -0.2) is 4.79 Å². The average Bonchev–Trinajstić information content (AvgIpc) is 2.86. The van der Waals surface area contributed by atoms with E-state index >= 15 is 0 Å². The first-order valence-electron chi connectivity index (χ1n) is 12.7. The molecular formula is C28H41N2O6P. The van der Waals surface area contributed by atoms with Crippen LogP contribution >= 0.6 is 7.37 Å². The number of aliphatic hydroxyl groups is 1. The minimum Gasteiger partial charge on any atom is -0.458 e. The van der Waals surface area contributed by atoms with Crippen molar-refractivity contribution in [2.45, 2.75) is 71.5 Å². The van der Waals surface area contributed by atoms with Gasteiger partial charge in [-0.3, -0.25) is 9.36 Å². The predicted molar refractivity (Wildman–Crippen MR) is 145 cm³/mol. The second-order valence-corrected chi connectivity index (χ2v) is 12.6. The molecule has 0 aliphatic rings. The summed E-state index contributed by atoms with van der Waals surface area (Å²) in [5.74, 6) is -1.63. The number of carbonyl (C=O) groups is 2. The van der Waals surface area contributed by atoms with Crippen LogP contribution in [0, 0.1) is 11.8 Å². The number of hydrogen-bond donors (Lipinski definition) is 3. The Morgan fingerprint density at radius 2 is 1.51 bits per heavy atom. The van der Waals surface area contributed by atoms with Crippen LogP contribution in [0.5, 0.6) is 0 Å². The van der Waals surface area contributed by atoms with Crippen molar-refractivity contribution in [3.05, 3.63) is 66.2 Å². The Morgan fingerprint density at radius 1 is 0.973 bits per heavy atom. The molecule has 2 rings (SSSR count). The summed E-state index contributed by atoms with van der Waals surface area (Å²) in [7, 11) is -4.37. The quantitative estimate of drug-likeness (QED) is 0.248. The van der Waals surface area contributed by atoms with Crippen molar-refractivity contribution in [1.82, 2.24) is 5.32 Å². The van der Waals surface area contributed by atoms with Crippen LogP contribution in [0.3, 0.4) is 0 Å². The summed E-state index contributed by atoms with van der Waals surface area (Å²) < 4.78 is 26.0. The van der Waals surface area contributed by atoms with E-state index in [2.05, 4.69) is 5.32 Å². The van der Waals surface area contributed by atoms with Crippen molar-refractivity contribution in [2.75, 3.05) is 6.61 Å². The maximum Gasteiger partial charge on any atom is 0.351 e. The fourth-order valence-corrected chi connectivity index (χ4v) is 6.71. The van der Waals surface area contributed by atoms with E-state index in [-0.39, 0.29) is 36.8 Å². The van der Waals surface area contributed by atoms with Crippen molar-refractivity contribution < 1.29 is 28.5 Å². The average molecular weight is 533 g/mol. The number of hydrogen-bond acceptors (Lipinski definition) is 7. The molecule has 0 aliphatic carbocycles. The van der Waals surface area contributed by atoms with E-state index in [4.69, 9.17) is 15.0 Å². The van der Waals surface area contributed by atoms with Crippen LogP contribution in [-0.2, 0) is 30.0 Å². The van der Waals surface area contributed by atoms with E-state index in [1.54, 1.807) is 49.4 Å². The summed E-state index contributed by atoms with van der Waals surface area (Å²) >= 11 is 0. The monoisotopic (exact) mass is 532 g/mol. The van der Waals surface area contributed by atoms with Gasteiger partial charge >= 0.3 is 5.97 Å². The van der Waals surface area contributed by atoms with E-state index in [0.29, 0.717) is 12.0 Å². The van der Waals surface area contributed by atoms with Crippen LogP contribution in [0.1, 0.15) is 53.0 Å². The van der Waals surface area contributed by atoms with Crippen molar-refractivity contribution in [2.24, 2.45) is 17.6 Å². The zero-order valence-electron chi connectivity index (χ0n) is 22.4. The number of ether oxygens (including phenoxy) is 1. The standard InChI is InChI=1S/C28H41N2O6P/c1-6-36-37(34,23-15-11-8-12-16-23)28(33,27(32)35-19-22-13-9-7-10-14-22)25(18-21(4)5)30-26(31)24(29)17-20(2)3/h7-16,20-21,24-25,33H,6,17-19,29H2,1-5H3,(H,30,31)/t24-,25-,28+,37-/m0/s1. The van der Waals surface area contributed by atoms with Gasteiger partial charge in [0.1, 0.15) is 6.61 Å². The van der Waals surface area contributed by atoms with Gasteiger partial charge in [-0.1, -0.05) is 76.2 Å². The maximum atomic E-state index is 14.7. The normalized spacial score (nSPS) is 16.5. The van der Waals surface area contributed by atoms with Crippen LogP contribution < -0.4 is 16.4 Å². The molecule has 2 aromatic carbocycles. The molecule has 9 heteroatoms. The molecule has 0 bridgehead atoms. The highest BCUT2D eigenvalue weighted by molar-refractivity contribution is 7.69. The summed E-state index contributed by atoms with van der Waals surface area (Å²) in [4.78, 5) is 26.9. The number of benzene rings is 2. The number of carbonyl (C=O) groups excluding carboxylic acids is 2. The van der Waals surface area contributed by atoms with Gasteiger partial charge in [0, 0.05) is 5.30 Å². The first-order chi connectivity index (χ1) is 17.5. The van der Waals surface area contributed by atoms with Crippen molar-refractivity contribution in [3.8, 4) is 0 Å². The first kappa shape index (κ1) is 30.7. The van der Waals surface area contributed by atoms with E-state index in [9.17, 15) is 19.3 Å². The lowest BCUT2D eigenvalue weighted by atomic mass is 9.97. The van der Waals surface area contributed by atoms with Crippen molar-refractivity contribution in [3.63, 3.8) is 0 Å².